The lowest BCUT2D eigenvalue weighted by Gasteiger charge is -2.34. The van der Waals surface area contributed by atoms with Crippen molar-refractivity contribution < 1.29 is 14.3 Å². The van der Waals surface area contributed by atoms with Crippen LogP contribution in [0.4, 0.5) is 0 Å². The van der Waals surface area contributed by atoms with Gasteiger partial charge in [-0.25, -0.2) is 0 Å². The predicted molar refractivity (Wildman–Crippen MR) is 89.5 cm³/mol. The van der Waals surface area contributed by atoms with Crippen molar-refractivity contribution in [2.24, 2.45) is 0 Å². The summed E-state index contributed by atoms with van der Waals surface area (Å²) in [7, 11) is 1.57. The molecule has 126 valence electrons. The Morgan fingerprint density at radius 1 is 1.39 bits per heavy atom. The average Bonchev–Trinajstić information content (AvgIpc) is 2.59. The molecule has 1 aromatic rings. The molecule has 1 saturated heterocycles. The number of ether oxygens (including phenoxy) is 1. The van der Waals surface area contributed by atoms with E-state index < -0.39 is 0 Å². The Hall–Kier alpha value is -1.75. The molecule has 1 aliphatic heterocycles. The van der Waals surface area contributed by atoms with Gasteiger partial charge in [-0.3, -0.25) is 9.59 Å². The maximum Gasteiger partial charge on any atom is 0.243 e. The Labute approximate surface area is 141 Å². The molecule has 0 unspecified atom stereocenters. The number of halogens is 1. The van der Waals surface area contributed by atoms with Gasteiger partial charge in [0.25, 0.3) is 0 Å². The summed E-state index contributed by atoms with van der Waals surface area (Å²) in [5.74, 6) is 0.539. The van der Waals surface area contributed by atoms with Crippen molar-refractivity contribution in [3.05, 3.63) is 28.8 Å². The van der Waals surface area contributed by atoms with Crippen LogP contribution in [-0.2, 0) is 16.1 Å². The molecule has 5 nitrogen and oxygen atoms in total. The normalized spacial score (nSPS) is 17.7. The summed E-state index contributed by atoms with van der Waals surface area (Å²) in [4.78, 5) is 26.2. The number of amides is 2. The third kappa shape index (κ3) is 4.16. The van der Waals surface area contributed by atoms with Crippen molar-refractivity contribution in [2.45, 2.75) is 45.2 Å². The summed E-state index contributed by atoms with van der Waals surface area (Å²) in [5, 5.41) is 3.45. The lowest BCUT2D eigenvalue weighted by Crippen LogP contribution is -2.51. The summed E-state index contributed by atoms with van der Waals surface area (Å²) in [6.07, 6.45) is 3.04. The summed E-state index contributed by atoms with van der Waals surface area (Å²) in [6.45, 7) is 2.76. The van der Waals surface area contributed by atoms with Gasteiger partial charge >= 0.3 is 0 Å². The first kappa shape index (κ1) is 17.6. The lowest BCUT2D eigenvalue weighted by atomic mass is 10.0. The van der Waals surface area contributed by atoms with E-state index in [4.69, 9.17) is 16.3 Å². The average molecular weight is 339 g/mol. The van der Waals surface area contributed by atoms with Gasteiger partial charge in [-0.2, -0.15) is 0 Å². The number of piperidine rings is 1. The molecule has 0 aromatic heterocycles. The van der Waals surface area contributed by atoms with Crippen LogP contribution < -0.4 is 10.1 Å². The summed E-state index contributed by atoms with van der Waals surface area (Å²) in [6, 6.07) is 4.99. The highest BCUT2D eigenvalue weighted by Crippen LogP contribution is 2.26. The van der Waals surface area contributed by atoms with Crippen LogP contribution in [0.25, 0.3) is 0 Å². The van der Waals surface area contributed by atoms with Crippen LogP contribution in [0.1, 0.15) is 38.2 Å². The third-order valence-corrected chi connectivity index (χ3v) is 4.52. The SMILES string of the molecule is CCC(=O)N1CCCC[C@H]1C(=O)NCc1c(Cl)cccc1OC. The van der Waals surface area contributed by atoms with Crippen LogP contribution in [0.5, 0.6) is 5.75 Å². The number of hydrogen-bond acceptors (Lipinski definition) is 3. The molecule has 1 atom stereocenters. The minimum atomic E-state index is -0.385. The van der Waals surface area contributed by atoms with E-state index in [0.717, 1.165) is 18.4 Å². The molecule has 6 heteroatoms. The van der Waals surface area contributed by atoms with Crippen LogP contribution in [0, 0.1) is 0 Å². The molecule has 0 radical (unpaired) electrons. The van der Waals surface area contributed by atoms with Gasteiger partial charge < -0.3 is 15.0 Å². The second-order valence-corrected chi connectivity index (χ2v) is 6.00. The number of hydrogen-bond donors (Lipinski definition) is 1. The number of methoxy groups -OCH3 is 1. The molecule has 2 rings (SSSR count). The Morgan fingerprint density at radius 3 is 2.87 bits per heavy atom. The first-order valence-electron chi connectivity index (χ1n) is 7.97. The fourth-order valence-corrected chi connectivity index (χ4v) is 3.13. The minimum Gasteiger partial charge on any atom is -0.496 e. The Bertz CT molecular complexity index is 577. The van der Waals surface area contributed by atoms with Crippen LogP contribution in [0.3, 0.4) is 0 Å². The van der Waals surface area contributed by atoms with Crippen molar-refractivity contribution in [1.82, 2.24) is 10.2 Å². The van der Waals surface area contributed by atoms with Gasteiger partial charge in [-0.05, 0) is 31.4 Å². The van der Waals surface area contributed by atoms with Gasteiger partial charge in [0.05, 0.1) is 7.11 Å². The Morgan fingerprint density at radius 2 is 2.17 bits per heavy atom. The summed E-state index contributed by atoms with van der Waals surface area (Å²) in [5.41, 5.74) is 0.745. The topological polar surface area (TPSA) is 58.6 Å². The van der Waals surface area contributed by atoms with E-state index in [1.54, 1.807) is 30.2 Å². The van der Waals surface area contributed by atoms with E-state index in [9.17, 15) is 9.59 Å². The zero-order valence-electron chi connectivity index (χ0n) is 13.6. The van der Waals surface area contributed by atoms with Gasteiger partial charge in [0.15, 0.2) is 0 Å². The van der Waals surface area contributed by atoms with Crippen molar-refractivity contribution >= 4 is 23.4 Å². The van der Waals surface area contributed by atoms with Crippen LogP contribution >= 0.6 is 11.6 Å². The maximum atomic E-state index is 12.5. The molecular formula is C17H23ClN2O3. The van der Waals surface area contributed by atoms with Gasteiger partial charge in [-0.15, -0.1) is 0 Å². The standard InChI is InChI=1S/C17H23ClN2O3/c1-3-16(21)20-10-5-4-8-14(20)17(22)19-11-12-13(18)7-6-9-15(12)23-2/h6-7,9,14H,3-5,8,10-11H2,1-2H3,(H,19,22)/t14-/m0/s1. The second-order valence-electron chi connectivity index (χ2n) is 5.59. The van der Waals surface area contributed by atoms with E-state index in [2.05, 4.69) is 5.32 Å². The second kappa shape index (κ2) is 8.20. The van der Waals surface area contributed by atoms with Crippen molar-refractivity contribution in [3.8, 4) is 5.75 Å². The van der Waals surface area contributed by atoms with E-state index in [1.165, 1.54) is 0 Å². The highest BCUT2D eigenvalue weighted by atomic mass is 35.5. The summed E-state index contributed by atoms with van der Waals surface area (Å²) >= 11 is 6.18. The van der Waals surface area contributed by atoms with Gasteiger partial charge in [0.2, 0.25) is 11.8 Å². The van der Waals surface area contributed by atoms with Crippen molar-refractivity contribution in [2.75, 3.05) is 13.7 Å². The van der Waals surface area contributed by atoms with Crippen molar-refractivity contribution in [1.29, 1.82) is 0 Å². The number of benzene rings is 1. The van der Waals surface area contributed by atoms with E-state index in [1.807, 2.05) is 6.92 Å². The Kier molecular flexibility index (Phi) is 6.28. The fourth-order valence-electron chi connectivity index (χ4n) is 2.90. The Balaban J connectivity index is 2.05. The molecule has 1 N–H and O–H groups in total. The zero-order chi connectivity index (χ0) is 16.8. The first-order valence-corrected chi connectivity index (χ1v) is 8.34. The first-order chi connectivity index (χ1) is 11.1. The predicted octanol–water partition coefficient (Wildman–Crippen LogP) is 2.76. The molecule has 1 aromatic carbocycles. The van der Waals surface area contributed by atoms with Crippen molar-refractivity contribution in [3.63, 3.8) is 0 Å². The minimum absolute atomic E-state index is 0.0279. The number of likely N-dealkylation sites (tertiary alicyclic amines) is 1. The fraction of sp³-hybridized carbons (Fsp3) is 0.529. The zero-order valence-corrected chi connectivity index (χ0v) is 14.4. The van der Waals surface area contributed by atoms with Gasteiger partial charge in [0.1, 0.15) is 11.8 Å². The molecule has 0 aliphatic carbocycles. The number of carbonyl (C=O) groups is 2. The largest absolute Gasteiger partial charge is 0.496 e. The maximum absolute atomic E-state index is 12.5. The molecular weight excluding hydrogens is 316 g/mol. The lowest BCUT2D eigenvalue weighted by molar-refractivity contribution is -0.142. The van der Waals surface area contributed by atoms with Crippen LogP contribution in [-0.4, -0.2) is 36.4 Å². The monoisotopic (exact) mass is 338 g/mol. The molecule has 1 aliphatic rings. The molecule has 2 amide bonds. The van der Waals surface area contributed by atoms with E-state index in [0.29, 0.717) is 30.2 Å². The smallest absolute Gasteiger partial charge is 0.243 e. The number of nitrogens with one attached hydrogen (secondary N) is 1. The third-order valence-electron chi connectivity index (χ3n) is 4.16. The molecule has 0 saturated carbocycles. The van der Waals surface area contributed by atoms with Crippen LogP contribution in [0.2, 0.25) is 5.02 Å². The number of carbonyl (C=O) groups excluding carboxylic acids is 2. The van der Waals surface area contributed by atoms with Gasteiger partial charge in [-0.1, -0.05) is 24.6 Å². The molecule has 0 spiro atoms. The highest BCUT2D eigenvalue weighted by Gasteiger charge is 2.31. The molecule has 1 heterocycles. The van der Waals surface area contributed by atoms with E-state index >= 15 is 0 Å². The van der Waals surface area contributed by atoms with E-state index in [-0.39, 0.29) is 24.4 Å². The highest BCUT2D eigenvalue weighted by molar-refractivity contribution is 6.31. The molecule has 0 bridgehead atoms. The van der Waals surface area contributed by atoms with Crippen LogP contribution in [0.15, 0.2) is 18.2 Å². The number of rotatable bonds is 5. The van der Waals surface area contributed by atoms with Gasteiger partial charge in [0, 0.05) is 30.1 Å². The molecule has 23 heavy (non-hydrogen) atoms. The molecule has 1 fully saturated rings. The summed E-state index contributed by atoms with van der Waals surface area (Å²) < 4.78 is 5.28. The quantitative estimate of drug-likeness (QED) is 0.898. The number of nitrogens with zero attached hydrogens (tertiary/aromatic N) is 1.